The summed E-state index contributed by atoms with van der Waals surface area (Å²) >= 11 is 5.18. The maximum Gasteiger partial charge on any atom is 0.288 e. The first kappa shape index (κ1) is 19.3. The topological polar surface area (TPSA) is 88.2 Å². The Morgan fingerprint density at radius 3 is 2.64 bits per heavy atom. The third-order valence-electron chi connectivity index (χ3n) is 3.77. The van der Waals surface area contributed by atoms with Gasteiger partial charge in [0.25, 0.3) is 11.8 Å². The lowest BCUT2D eigenvalue weighted by molar-refractivity contribution is -0.123. The molecule has 0 atom stereocenters. The molecule has 0 aliphatic carbocycles. The molecule has 0 spiro atoms. The highest BCUT2D eigenvalue weighted by molar-refractivity contribution is 7.71. The molecule has 7 nitrogen and oxygen atoms in total. The number of carbonyl (C=O) groups is 2. The van der Waals surface area contributed by atoms with Crippen molar-refractivity contribution in [3.63, 3.8) is 0 Å². The van der Waals surface area contributed by atoms with E-state index in [9.17, 15) is 14.0 Å². The molecule has 0 fully saturated rings. The molecule has 3 N–H and O–H groups in total. The predicted molar refractivity (Wildman–Crippen MR) is 103 cm³/mol. The summed E-state index contributed by atoms with van der Waals surface area (Å²) in [6.07, 6.45) is 1.40. The van der Waals surface area contributed by atoms with E-state index in [4.69, 9.17) is 17.0 Å². The van der Waals surface area contributed by atoms with E-state index in [1.54, 1.807) is 12.1 Å². The average Bonchev–Trinajstić information content (AvgIpc) is 3.07. The van der Waals surface area contributed by atoms with Crippen LogP contribution in [-0.2, 0) is 4.79 Å². The van der Waals surface area contributed by atoms with E-state index in [2.05, 4.69) is 15.8 Å². The number of amides is 2. The number of benzene rings is 2. The van der Waals surface area contributed by atoms with Crippen molar-refractivity contribution in [2.24, 2.45) is 0 Å². The van der Waals surface area contributed by atoms with Gasteiger partial charge in [-0.1, -0.05) is 12.1 Å². The van der Waals surface area contributed by atoms with Gasteiger partial charge >= 0.3 is 0 Å². The van der Waals surface area contributed by atoms with Gasteiger partial charge in [-0.25, -0.2) is 4.39 Å². The van der Waals surface area contributed by atoms with Crippen molar-refractivity contribution in [2.45, 2.75) is 6.92 Å². The summed E-state index contributed by atoms with van der Waals surface area (Å²) < 4.78 is 20.2. The van der Waals surface area contributed by atoms with Crippen LogP contribution in [0.25, 0.3) is 5.69 Å². The third kappa shape index (κ3) is 4.63. The van der Waals surface area contributed by atoms with Crippen molar-refractivity contribution in [3.05, 3.63) is 76.6 Å². The van der Waals surface area contributed by atoms with Crippen LogP contribution in [0.3, 0.4) is 0 Å². The second kappa shape index (κ2) is 8.49. The smallest absolute Gasteiger partial charge is 0.288 e. The first-order chi connectivity index (χ1) is 13.4. The number of nitrogens with zero attached hydrogens (tertiary/aromatic N) is 1. The number of carbonyl (C=O) groups excluding carboxylic acids is 2. The van der Waals surface area contributed by atoms with Gasteiger partial charge in [-0.2, -0.15) is 0 Å². The fraction of sp³-hybridized carbons (Fsp3) is 0.105. The van der Waals surface area contributed by atoms with Gasteiger partial charge in [-0.3, -0.25) is 25.0 Å². The molecule has 2 aromatic carbocycles. The number of rotatable bonds is 5. The van der Waals surface area contributed by atoms with E-state index in [0.29, 0.717) is 11.4 Å². The molecule has 9 heteroatoms. The summed E-state index contributed by atoms with van der Waals surface area (Å²) in [6.45, 7) is 1.65. The number of ether oxygens (including phenoxy) is 1. The number of aromatic nitrogens is 2. The second-order valence-corrected chi connectivity index (χ2v) is 6.29. The number of aryl methyl sites for hydroxylation is 1. The zero-order chi connectivity index (χ0) is 20.1. The number of imidazole rings is 1. The van der Waals surface area contributed by atoms with Crippen LogP contribution < -0.4 is 15.6 Å². The third-order valence-corrected chi connectivity index (χ3v) is 4.07. The van der Waals surface area contributed by atoms with Gasteiger partial charge < -0.3 is 9.72 Å². The maximum atomic E-state index is 13.1. The molecule has 0 aliphatic heterocycles. The number of H-pyrrole nitrogens is 1. The number of aromatic amines is 1. The summed E-state index contributed by atoms with van der Waals surface area (Å²) in [7, 11) is 0. The number of hydrazine groups is 1. The Morgan fingerprint density at radius 1 is 1.18 bits per heavy atom. The van der Waals surface area contributed by atoms with Crippen molar-refractivity contribution in [1.29, 1.82) is 0 Å². The van der Waals surface area contributed by atoms with E-state index in [-0.39, 0.29) is 17.1 Å². The van der Waals surface area contributed by atoms with Crippen LogP contribution in [0.5, 0.6) is 5.75 Å². The normalized spacial score (nSPS) is 10.4. The molecule has 2 amide bonds. The van der Waals surface area contributed by atoms with Gasteiger partial charge in [0.15, 0.2) is 11.4 Å². The van der Waals surface area contributed by atoms with Crippen LogP contribution in [0, 0.1) is 17.5 Å². The molecule has 0 saturated carbocycles. The Kier molecular flexibility index (Phi) is 5.85. The predicted octanol–water partition coefficient (Wildman–Crippen LogP) is 2.82. The molecule has 1 heterocycles. The van der Waals surface area contributed by atoms with E-state index in [1.807, 2.05) is 19.1 Å². The van der Waals surface area contributed by atoms with Crippen LogP contribution in [0.2, 0.25) is 0 Å². The molecule has 3 rings (SSSR count). The van der Waals surface area contributed by atoms with Crippen molar-refractivity contribution in [3.8, 4) is 11.4 Å². The SMILES string of the molecule is Cc1cccc(OCC(=O)NNC(=O)c2c[nH]c(=S)n2-c2ccc(F)cc2)c1. The lowest BCUT2D eigenvalue weighted by Crippen LogP contribution is -2.44. The standard InChI is InChI=1S/C19H17FN4O3S/c1-12-3-2-4-15(9-12)27-11-17(25)22-23-18(26)16-10-21-19(28)24(16)14-7-5-13(20)6-8-14/h2-10H,11H2,1H3,(H,21,28)(H,22,25)(H,23,26). The Bertz CT molecular complexity index is 1060. The van der Waals surface area contributed by atoms with Gasteiger partial charge in [0, 0.05) is 11.9 Å². The minimum Gasteiger partial charge on any atom is -0.484 e. The highest BCUT2D eigenvalue weighted by Gasteiger charge is 2.15. The highest BCUT2D eigenvalue weighted by atomic mass is 32.1. The first-order valence-corrected chi connectivity index (χ1v) is 8.70. The highest BCUT2D eigenvalue weighted by Crippen LogP contribution is 2.14. The molecule has 0 bridgehead atoms. The van der Waals surface area contributed by atoms with Crippen molar-refractivity contribution in [1.82, 2.24) is 20.4 Å². The molecule has 0 radical (unpaired) electrons. The summed E-state index contributed by atoms with van der Waals surface area (Å²) in [4.78, 5) is 27.1. The van der Waals surface area contributed by atoms with Gasteiger partial charge in [0.05, 0.1) is 0 Å². The molecular formula is C19H17FN4O3S. The minimum atomic E-state index is -0.597. The fourth-order valence-electron chi connectivity index (χ4n) is 2.46. The number of hydrogen-bond acceptors (Lipinski definition) is 4. The van der Waals surface area contributed by atoms with Crippen LogP contribution in [0.1, 0.15) is 16.1 Å². The second-order valence-electron chi connectivity index (χ2n) is 5.90. The monoisotopic (exact) mass is 400 g/mol. The average molecular weight is 400 g/mol. The van der Waals surface area contributed by atoms with Gasteiger partial charge in [-0.15, -0.1) is 0 Å². The largest absolute Gasteiger partial charge is 0.484 e. The fourth-order valence-corrected chi connectivity index (χ4v) is 2.73. The minimum absolute atomic E-state index is 0.150. The van der Waals surface area contributed by atoms with Crippen LogP contribution in [0.4, 0.5) is 4.39 Å². The Labute approximate surface area is 165 Å². The maximum absolute atomic E-state index is 13.1. The van der Waals surface area contributed by atoms with E-state index >= 15 is 0 Å². The number of nitrogens with one attached hydrogen (secondary N) is 3. The van der Waals surface area contributed by atoms with Crippen molar-refractivity contribution >= 4 is 24.0 Å². The molecule has 1 aromatic heterocycles. The summed E-state index contributed by atoms with van der Waals surface area (Å²) in [6, 6.07) is 12.8. The molecule has 28 heavy (non-hydrogen) atoms. The van der Waals surface area contributed by atoms with Crippen molar-refractivity contribution in [2.75, 3.05) is 6.61 Å². The molecule has 0 unspecified atom stereocenters. The molecule has 144 valence electrons. The summed E-state index contributed by atoms with van der Waals surface area (Å²) in [5, 5.41) is 0. The Hall–Kier alpha value is -3.46. The Balaban J connectivity index is 1.61. The first-order valence-electron chi connectivity index (χ1n) is 8.29. The number of hydrogen-bond donors (Lipinski definition) is 3. The zero-order valence-corrected chi connectivity index (χ0v) is 15.7. The van der Waals surface area contributed by atoms with E-state index in [0.717, 1.165) is 5.56 Å². The van der Waals surface area contributed by atoms with E-state index < -0.39 is 17.6 Å². The van der Waals surface area contributed by atoms with Gasteiger partial charge in [0.1, 0.15) is 17.3 Å². The molecule has 0 saturated heterocycles. The van der Waals surface area contributed by atoms with Crippen LogP contribution in [-0.4, -0.2) is 28.0 Å². The van der Waals surface area contributed by atoms with Gasteiger partial charge in [-0.05, 0) is 61.1 Å². The van der Waals surface area contributed by atoms with E-state index in [1.165, 1.54) is 35.0 Å². The van der Waals surface area contributed by atoms with Crippen LogP contribution >= 0.6 is 12.2 Å². The zero-order valence-electron chi connectivity index (χ0n) is 14.9. The Morgan fingerprint density at radius 2 is 1.93 bits per heavy atom. The van der Waals surface area contributed by atoms with Crippen molar-refractivity contribution < 1.29 is 18.7 Å². The molecule has 0 aliphatic rings. The quantitative estimate of drug-likeness (QED) is 0.454. The lowest BCUT2D eigenvalue weighted by Gasteiger charge is -2.11. The van der Waals surface area contributed by atoms with Crippen LogP contribution in [0.15, 0.2) is 54.7 Å². The molecule has 3 aromatic rings. The summed E-state index contributed by atoms with van der Waals surface area (Å²) in [5.74, 6) is -0.979. The lowest BCUT2D eigenvalue weighted by atomic mass is 10.2. The number of halogens is 1. The molecular weight excluding hydrogens is 383 g/mol. The van der Waals surface area contributed by atoms with Gasteiger partial charge in [0.2, 0.25) is 0 Å². The summed E-state index contributed by atoms with van der Waals surface area (Å²) in [5.41, 5.74) is 6.24.